The van der Waals surface area contributed by atoms with Gasteiger partial charge < -0.3 is 5.32 Å². The molecule has 4 aromatic rings. The SMILES string of the molecule is CC[C@H](C(=O)Nc1ccccc1SCc1cc(=O)n2c(C)csc2n1)c1ccccc1. The molecule has 0 aliphatic rings. The average Bonchev–Trinajstić information content (AvgIpc) is 3.15. The second-order valence-corrected chi connectivity index (χ2v) is 9.08. The zero-order valence-electron chi connectivity index (χ0n) is 17.4. The van der Waals surface area contributed by atoms with Crippen molar-refractivity contribution in [2.45, 2.75) is 36.8 Å². The minimum atomic E-state index is -0.203. The molecule has 7 heteroatoms. The Morgan fingerprint density at radius 2 is 1.90 bits per heavy atom. The fourth-order valence-corrected chi connectivity index (χ4v) is 5.29. The van der Waals surface area contributed by atoms with E-state index < -0.39 is 0 Å². The third-order valence-corrected chi connectivity index (χ3v) is 7.13. The molecule has 1 N–H and O–H groups in total. The number of nitrogens with zero attached hydrogens (tertiary/aromatic N) is 2. The molecule has 0 bridgehead atoms. The molecule has 1 amide bonds. The molecule has 4 rings (SSSR count). The highest BCUT2D eigenvalue weighted by atomic mass is 32.2. The maximum atomic E-state index is 13.0. The largest absolute Gasteiger partial charge is 0.325 e. The smallest absolute Gasteiger partial charge is 0.258 e. The van der Waals surface area contributed by atoms with Gasteiger partial charge in [-0.3, -0.25) is 14.0 Å². The van der Waals surface area contributed by atoms with Crippen molar-refractivity contribution in [3.8, 4) is 0 Å². The maximum absolute atomic E-state index is 13.0. The van der Waals surface area contributed by atoms with Crippen molar-refractivity contribution < 1.29 is 4.79 Å². The number of nitrogens with one attached hydrogen (secondary N) is 1. The number of thiazole rings is 1. The van der Waals surface area contributed by atoms with Gasteiger partial charge in [0.15, 0.2) is 4.96 Å². The summed E-state index contributed by atoms with van der Waals surface area (Å²) in [5.74, 6) is 0.324. The molecule has 5 nitrogen and oxygen atoms in total. The zero-order valence-corrected chi connectivity index (χ0v) is 19.0. The Morgan fingerprint density at radius 1 is 1.16 bits per heavy atom. The number of anilines is 1. The van der Waals surface area contributed by atoms with Gasteiger partial charge in [0, 0.05) is 27.8 Å². The van der Waals surface area contributed by atoms with Gasteiger partial charge >= 0.3 is 0 Å². The van der Waals surface area contributed by atoms with E-state index in [-0.39, 0.29) is 17.4 Å². The summed E-state index contributed by atoms with van der Waals surface area (Å²) in [7, 11) is 0. The van der Waals surface area contributed by atoms with Crippen LogP contribution in [0.3, 0.4) is 0 Å². The molecule has 0 saturated carbocycles. The fourth-order valence-electron chi connectivity index (χ4n) is 3.50. The van der Waals surface area contributed by atoms with Crippen LogP contribution < -0.4 is 10.9 Å². The molecule has 2 aromatic carbocycles. The number of thioether (sulfide) groups is 1. The number of amides is 1. The lowest BCUT2D eigenvalue weighted by Crippen LogP contribution is -2.21. The molecule has 0 radical (unpaired) electrons. The number of hydrogen-bond donors (Lipinski definition) is 1. The van der Waals surface area contributed by atoms with Gasteiger partial charge in [0.2, 0.25) is 5.91 Å². The summed E-state index contributed by atoms with van der Waals surface area (Å²) in [5.41, 5.74) is 3.35. The second-order valence-electron chi connectivity index (χ2n) is 7.23. The summed E-state index contributed by atoms with van der Waals surface area (Å²) in [6.45, 7) is 3.92. The average molecular weight is 450 g/mol. The Morgan fingerprint density at radius 3 is 2.68 bits per heavy atom. The van der Waals surface area contributed by atoms with Crippen LogP contribution in [0.4, 0.5) is 5.69 Å². The minimum Gasteiger partial charge on any atom is -0.325 e. The Hall–Kier alpha value is -2.90. The van der Waals surface area contributed by atoms with Crippen LogP contribution in [0.5, 0.6) is 0 Å². The van der Waals surface area contributed by atoms with Crippen molar-refractivity contribution >= 4 is 39.7 Å². The Labute approximate surface area is 189 Å². The van der Waals surface area contributed by atoms with Crippen molar-refractivity contribution in [3.05, 3.63) is 93.3 Å². The van der Waals surface area contributed by atoms with Crippen molar-refractivity contribution in [2.75, 3.05) is 5.32 Å². The van der Waals surface area contributed by atoms with E-state index in [1.54, 1.807) is 22.2 Å². The zero-order chi connectivity index (χ0) is 21.8. The molecule has 0 fully saturated rings. The Kier molecular flexibility index (Phi) is 6.53. The molecular weight excluding hydrogens is 426 g/mol. The summed E-state index contributed by atoms with van der Waals surface area (Å²) in [5, 5.41) is 5.03. The van der Waals surface area contributed by atoms with Gasteiger partial charge in [-0.15, -0.1) is 23.1 Å². The quantitative estimate of drug-likeness (QED) is 0.379. The number of rotatable bonds is 7. The summed E-state index contributed by atoms with van der Waals surface area (Å²) in [4.78, 5) is 31.7. The van der Waals surface area contributed by atoms with Crippen LogP contribution in [0.1, 0.15) is 36.2 Å². The molecule has 2 aromatic heterocycles. The first-order valence-electron chi connectivity index (χ1n) is 10.1. The number of hydrogen-bond acceptors (Lipinski definition) is 5. The van der Waals surface area contributed by atoms with Gasteiger partial charge in [-0.1, -0.05) is 49.4 Å². The standard InChI is InChI=1S/C24H23N3O2S2/c1-3-19(17-9-5-4-6-10-17)23(29)26-20-11-7-8-12-21(20)30-15-18-13-22(28)27-16(2)14-31-24(27)25-18/h4-14,19H,3,15H2,1-2H3,(H,26,29)/t19-/m0/s1. The number of fused-ring (bicyclic) bond motifs is 1. The number of aromatic nitrogens is 2. The molecule has 0 aliphatic carbocycles. The second kappa shape index (κ2) is 9.49. The maximum Gasteiger partial charge on any atom is 0.258 e. The fraction of sp³-hybridized carbons (Fsp3) is 0.208. The predicted octanol–water partition coefficient (Wildman–Crippen LogP) is 5.49. The van der Waals surface area contributed by atoms with Crippen LogP contribution in [0, 0.1) is 6.92 Å². The van der Waals surface area contributed by atoms with E-state index >= 15 is 0 Å². The van der Waals surface area contributed by atoms with E-state index in [1.807, 2.05) is 73.8 Å². The lowest BCUT2D eigenvalue weighted by Gasteiger charge is -2.17. The number of benzene rings is 2. The highest BCUT2D eigenvalue weighted by Gasteiger charge is 2.19. The third-order valence-electron chi connectivity index (χ3n) is 5.08. The molecule has 1 atom stereocenters. The van der Waals surface area contributed by atoms with Crippen molar-refractivity contribution in [1.82, 2.24) is 9.38 Å². The van der Waals surface area contributed by atoms with Gasteiger partial charge in [-0.2, -0.15) is 0 Å². The first-order chi connectivity index (χ1) is 15.1. The number of aryl methyl sites for hydroxylation is 1. The van der Waals surface area contributed by atoms with Gasteiger partial charge in [-0.25, -0.2) is 4.98 Å². The first-order valence-corrected chi connectivity index (χ1v) is 12.0. The van der Waals surface area contributed by atoms with Crippen LogP contribution in [0.2, 0.25) is 0 Å². The number of carbonyl (C=O) groups excluding carboxylic acids is 1. The Balaban J connectivity index is 1.51. The number of carbonyl (C=O) groups is 1. The lowest BCUT2D eigenvalue weighted by atomic mass is 9.95. The Bertz CT molecular complexity index is 1260. The highest BCUT2D eigenvalue weighted by Crippen LogP contribution is 2.31. The van der Waals surface area contributed by atoms with Crippen molar-refractivity contribution in [3.63, 3.8) is 0 Å². The molecular formula is C24H23N3O2S2. The molecule has 31 heavy (non-hydrogen) atoms. The van der Waals surface area contributed by atoms with E-state index in [0.29, 0.717) is 10.7 Å². The summed E-state index contributed by atoms with van der Waals surface area (Å²) in [6, 6.07) is 19.2. The summed E-state index contributed by atoms with van der Waals surface area (Å²) >= 11 is 3.03. The normalized spacial score (nSPS) is 12.1. The van der Waals surface area contributed by atoms with Crippen LogP contribution in [0.15, 0.2) is 75.7 Å². The monoisotopic (exact) mass is 449 g/mol. The highest BCUT2D eigenvalue weighted by molar-refractivity contribution is 7.98. The summed E-state index contributed by atoms with van der Waals surface area (Å²) in [6.07, 6.45) is 0.721. The first kappa shape index (κ1) is 21.3. The van der Waals surface area contributed by atoms with Gasteiger partial charge in [0.25, 0.3) is 5.56 Å². The van der Waals surface area contributed by atoms with Gasteiger partial charge in [0.1, 0.15) is 0 Å². The molecule has 2 heterocycles. The predicted molar refractivity (Wildman–Crippen MR) is 128 cm³/mol. The number of para-hydroxylation sites is 1. The molecule has 0 aliphatic heterocycles. The molecule has 0 saturated heterocycles. The summed E-state index contributed by atoms with van der Waals surface area (Å²) < 4.78 is 1.63. The van der Waals surface area contributed by atoms with E-state index in [9.17, 15) is 9.59 Å². The van der Waals surface area contributed by atoms with Crippen LogP contribution in [0.25, 0.3) is 4.96 Å². The van der Waals surface area contributed by atoms with E-state index in [0.717, 1.165) is 34.0 Å². The van der Waals surface area contributed by atoms with Crippen molar-refractivity contribution in [1.29, 1.82) is 0 Å². The van der Waals surface area contributed by atoms with E-state index in [2.05, 4.69) is 10.3 Å². The van der Waals surface area contributed by atoms with Gasteiger partial charge in [-0.05, 0) is 31.0 Å². The minimum absolute atomic E-state index is 0.0198. The molecule has 158 valence electrons. The lowest BCUT2D eigenvalue weighted by molar-refractivity contribution is -0.117. The topological polar surface area (TPSA) is 63.5 Å². The van der Waals surface area contributed by atoms with Gasteiger partial charge in [0.05, 0.1) is 17.3 Å². The molecule has 0 unspecified atom stereocenters. The van der Waals surface area contributed by atoms with E-state index in [4.69, 9.17) is 0 Å². The van der Waals surface area contributed by atoms with Crippen LogP contribution >= 0.6 is 23.1 Å². The van der Waals surface area contributed by atoms with E-state index in [1.165, 1.54) is 11.3 Å². The van der Waals surface area contributed by atoms with Crippen molar-refractivity contribution in [2.24, 2.45) is 0 Å². The van der Waals surface area contributed by atoms with Crippen LogP contribution in [-0.2, 0) is 10.5 Å². The third kappa shape index (κ3) is 4.73. The molecule has 0 spiro atoms. The van der Waals surface area contributed by atoms with Crippen LogP contribution in [-0.4, -0.2) is 15.3 Å².